The van der Waals surface area contributed by atoms with Crippen molar-refractivity contribution in [1.29, 1.82) is 0 Å². The average molecular weight is 364 g/mol. The van der Waals surface area contributed by atoms with Crippen LogP contribution in [-0.4, -0.2) is 24.2 Å². The lowest BCUT2D eigenvalue weighted by Crippen LogP contribution is -2.43. The van der Waals surface area contributed by atoms with E-state index in [1.54, 1.807) is 13.3 Å². The highest BCUT2D eigenvalue weighted by Crippen LogP contribution is 2.17. The summed E-state index contributed by atoms with van der Waals surface area (Å²) in [6.45, 7) is 0.642. The molecule has 0 unspecified atom stereocenters. The van der Waals surface area contributed by atoms with Gasteiger partial charge in [0.2, 0.25) is 0 Å². The number of aliphatic imine (C=N–C) groups is 1. The Morgan fingerprint density at radius 3 is 2.83 bits per heavy atom. The Morgan fingerprint density at radius 2 is 2.22 bits per heavy atom. The van der Waals surface area contributed by atoms with E-state index < -0.39 is 0 Å². The summed E-state index contributed by atoms with van der Waals surface area (Å²) < 4.78 is 4.78. The zero-order chi connectivity index (χ0) is 11.9. The summed E-state index contributed by atoms with van der Waals surface area (Å²) in [5, 5.41) is 10.5. The molecule has 1 aromatic rings. The molecule has 0 aliphatic heterocycles. The molecule has 0 saturated heterocycles. The second kappa shape index (κ2) is 8.34. The maximum absolute atomic E-state index is 4.78. The fraction of sp³-hybridized carbons (Fsp3) is 0.667. The molecule has 5 nitrogen and oxygen atoms in total. The zero-order valence-corrected chi connectivity index (χ0v) is 13.0. The highest BCUT2D eigenvalue weighted by molar-refractivity contribution is 14.0. The Morgan fingerprint density at radius 1 is 1.44 bits per heavy atom. The van der Waals surface area contributed by atoms with E-state index in [4.69, 9.17) is 4.52 Å². The highest BCUT2D eigenvalue weighted by atomic mass is 127. The van der Waals surface area contributed by atoms with Crippen molar-refractivity contribution in [3.8, 4) is 0 Å². The Labute approximate surface area is 125 Å². The average Bonchev–Trinajstić information content (AvgIpc) is 2.89. The van der Waals surface area contributed by atoms with Crippen LogP contribution >= 0.6 is 24.0 Å². The van der Waals surface area contributed by atoms with Crippen molar-refractivity contribution in [2.75, 3.05) is 7.05 Å². The molecule has 0 aromatic carbocycles. The van der Waals surface area contributed by atoms with Gasteiger partial charge in [0.15, 0.2) is 5.96 Å². The molecule has 0 amide bonds. The predicted molar refractivity (Wildman–Crippen MR) is 82.1 cm³/mol. The van der Waals surface area contributed by atoms with E-state index in [0.717, 1.165) is 11.7 Å². The van der Waals surface area contributed by atoms with Crippen LogP contribution in [0.2, 0.25) is 0 Å². The summed E-state index contributed by atoms with van der Waals surface area (Å²) in [7, 11) is 1.79. The Kier molecular flexibility index (Phi) is 7.07. The van der Waals surface area contributed by atoms with Crippen LogP contribution < -0.4 is 10.6 Å². The van der Waals surface area contributed by atoms with Crippen molar-refractivity contribution in [1.82, 2.24) is 15.8 Å². The van der Waals surface area contributed by atoms with Gasteiger partial charge in [-0.2, -0.15) is 0 Å². The van der Waals surface area contributed by atoms with E-state index in [2.05, 4.69) is 20.8 Å². The Bertz CT molecular complexity index is 347. The predicted octanol–water partition coefficient (Wildman–Crippen LogP) is 2.29. The van der Waals surface area contributed by atoms with Gasteiger partial charge in [-0.3, -0.25) is 4.99 Å². The summed E-state index contributed by atoms with van der Waals surface area (Å²) in [6.07, 6.45) is 8.06. The van der Waals surface area contributed by atoms with Crippen molar-refractivity contribution in [3.63, 3.8) is 0 Å². The second-order valence-electron chi connectivity index (χ2n) is 4.40. The van der Waals surface area contributed by atoms with Crippen LogP contribution in [0.5, 0.6) is 0 Å². The summed E-state index contributed by atoms with van der Waals surface area (Å²) in [5.74, 6) is 0.847. The van der Waals surface area contributed by atoms with Crippen LogP contribution in [-0.2, 0) is 6.54 Å². The van der Waals surface area contributed by atoms with Gasteiger partial charge in [-0.25, -0.2) is 0 Å². The molecule has 2 rings (SSSR count). The van der Waals surface area contributed by atoms with E-state index in [0.29, 0.717) is 12.6 Å². The van der Waals surface area contributed by atoms with Crippen molar-refractivity contribution in [3.05, 3.63) is 18.0 Å². The quantitative estimate of drug-likeness (QED) is 0.491. The van der Waals surface area contributed by atoms with Crippen molar-refractivity contribution < 1.29 is 4.52 Å². The van der Waals surface area contributed by atoms with Crippen LogP contribution in [0, 0.1) is 0 Å². The fourth-order valence-electron chi connectivity index (χ4n) is 2.14. The number of hydrogen-bond donors (Lipinski definition) is 2. The van der Waals surface area contributed by atoms with Crippen LogP contribution in [0.1, 0.15) is 37.8 Å². The topological polar surface area (TPSA) is 62.5 Å². The lowest BCUT2D eigenvalue weighted by molar-refractivity contribution is 0.405. The Balaban J connectivity index is 0.00000162. The lowest BCUT2D eigenvalue weighted by atomic mass is 9.96. The smallest absolute Gasteiger partial charge is 0.191 e. The van der Waals surface area contributed by atoms with E-state index in [1.165, 1.54) is 32.1 Å². The molecule has 0 spiro atoms. The van der Waals surface area contributed by atoms with Crippen molar-refractivity contribution >= 4 is 29.9 Å². The third-order valence-corrected chi connectivity index (χ3v) is 3.10. The SMILES string of the molecule is CN=C(NCc1ccon1)NC1CCCCC1.I. The molecule has 1 fully saturated rings. The summed E-state index contributed by atoms with van der Waals surface area (Å²) in [4.78, 5) is 4.22. The number of nitrogens with zero attached hydrogens (tertiary/aromatic N) is 2. The number of hydrogen-bond acceptors (Lipinski definition) is 3. The maximum atomic E-state index is 4.78. The Hall–Kier alpha value is -0.790. The summed E-state index contributed by atoms with van der Waals surface area (Å²) >= 11 is 0. The number of aromatic nitrogens is 1. The first kappa shape index (κ1) is 15.3. The van der Waals surface area contributed by atoms with E-state index in [1.807, 2.05) is 6.07 Å². The normalized spacial score (nSPS) is 17.1. The molecule has 2 N–H and O–H groups in total. The van der Waals surface area contributed by atoms with Gasteiger partial charge in [0, 0.05) is 19.2 Å². The first-order valence-corrected chi connectivity index (χ1v) is 6.25. The van der Waals surface area contributed by atoms with Crippen LogP contribution in [0.15, 0.2) is 21.8 Å². The molecular weight excluding hydrogens is 343 g/mol. The van der Waals surface area contributed by atoms with Gasteiger partial charge in [-0.05, 0) is 12.8 Å². The number of nitrogens with one attached hydrogen (secondary N) is 2. The van der Waals surface area contributed by atoms with Gasteiger partial charge in [0.25, 0.3) is 0 Å². The van der Waals surface area contributed by atoms with E-state index in [-0.39, 0.29) is 24.0 Å². The minimum Gasteiger partial charge on any atom is -0.364 e. The van der Waals surface area contributed by atoms with Gasteiger partial charge >= 0.3 is 0 Å². The van der Waals surface area contributed by atoms with Gasteiger partial charge in [-0.15, -0.1) is 24.0 Å². The number of halogens is 1. The third kappa shape index (κ3) is 4.83. The molecule has 0 bridgehead atoms. The first-order valence-electron chi connectivity index (χ1n) is 6.25. The van der Waals surface area contributed by atoms with E-state index in [9.17, 15) is 0 Å². The minimum atomic E-state index is 0. The number of guanidine groups is 1. The van der Waals surface area contributed by atoms with Gasteiger partial charge in [0.1, 0.15) is 12.0 Å². The summed E-state index contributed by atoms with van der Waals surface area (Å²) in [6, 6.07) is 2.41. The molecule has 1 aromatic heterocycles. The van der Waals surface area contributed by atoms with E-state index >= 15 is 0 Å². The monoisotopic (exact) mass is 364 g/mol. The molecule has 102 valence electrons. The fourth-order valence-corrected chi connectivity index (χ4v) is 2.14. The van der Waals surface area contributed by atoms with Crippen LogP contribution in [0.4, 0.5) is 0 Å². The molecule has 0 atom stereocenters. The molecule has 0 radical (unpaired) electrons. The molecule has 1 saturated carbocycles. The summed E-state index contributed by atoms with van der Waals surface area (Å²) in [5.41, 5.74) is 0.886. The minimum absolute atomic E-state index is 0. The van der Waals surface area contributed by atoms with Gasteiger partial charge < -0.3 is 15.2 Å². The molecular formula is C12H21IN4O. The molecule has 6 heteroatoms. The van der Waals surface area contributed by atoms with Crippen LogP contribution in [0.3, 0.4) is 0 Å². The number of rotatable bonds is 3. The molecule has 1 heterocycles. The molecule has 18 heavy (non-hydrogen) atoms. The maximum Gasteiger partial charge on any atom is 0.191 e. The third-order valence-electron chi connectivity index (χ3n) is 3.10. The zero-order valence-electron chi connectivity index (χ0n) is 10.7. The van der Waals surface area contributed by atoms with Crippen molar-refractivity contribution in [2.24, 2.45) is 4.99 Å². The van der Waals surface area contributed by atoms with Gasteiger partial charge in [-0.1, -0.05) is 24.4 Å². The molecule has 1 aliphatic carbocycles. The highest BCUT2D eigenvalue weighted by Gasteiger charge is 2.14. The lowest BCUT2D eigenvalue weighted by Gasteiger charge is -2.24. The standard InChI is InChI=1S/C12H20N4O.HI/c1-13-12(14-9-11-7-8-17-16-11)15-10-5-3-2-4-6-10;/h7-8,10H,2-6,9H2,1H3,(H2,13,14,15);1H. The van der Waals surface area contributed by atoms with Crippen molar-refractivity contribution in [2.45, 2.75) is 44.7 Å². The first-order chi connectivity index (χ1) is 8.38. The largest absolute Gasteiger partial charge is 0.364 e. The second-order valence-corrected chi connectivity index (χ2v) is 4.40. The van der Waals surface area contributed by atoms with Crippen LogP contribution in [0.25, 0.3) is 0 Å². The van der Waals surface area contributed by atoms with Gasteiger partial charge in [0.05, 0.1) is 6.54 Å². The molecule has 1 aliphatic rings.